The first kappa shape index (κ1) is 13.6. The molecule has 1 aliphatic heterocycles. The molecule has 0 saturated carbocycles. The van der Waals surface area contributed by atoms with E-state index in [-0.39, 0.29) is 5.60 Å². The molecule has 0 unspecified atom stereocenters. The number of fused-ring (bicyclic) bond motifs is 3. The molecule has 19 heavy (non-hydrogen) atoms. The third-order valence-corrected chi connectivity index (χ3v) is 5.62. The Morgan fingerprint density at radius 1 is 1.47 bits per heavy atom. The Morgan fingerprint density at radius 2 is 2.26 bits per heavy atom. The normalized spacial score (nSPS) is 22.7. The third-order valence-electron chi connectivity index (χ3n) is 3.70. The van der Waals surface area contributed by atoms with Crippen molar-refractivity contribution in [3.8, 4) is 0 Å². The first-order valence-corrected chi connectivity index (χ1v) is 8.64. The molecule has 0 N–H and O–H groups in total. The maximum atomic E-state index is 6.36. The smallest absolute Gasteiger partial charge is 0.190 e. The highest BCUT2D eigenvalue weighted by Crippen LogP contribution is 2.41. The van der Waals surface area contributed by atoms with E-state index in [1.54, 1.807) is 11.3 Å². The van der Waals surface area contributed by atoms with Crippen molar-refractivity contribution in [1.82, 2.24) is 9.97 Å². The molecular weight excluding hydrogens is 300 g/mol. The molecule has 0 spiro atoms. The molecule has 0 saturated heterocycles. The molecule has 3 rings (SSSR count). The van der Waals surface area contributed by atoms with E-state index in [1.807, 2.05) is 6.26 Å². The van der Waals surface area contributed by atoms with Crippen LogP contribution in [0.25, 0.3) is 10.2 Å². The molecule has 1 aliphatic rings. The van der Waals surface area contributed by atoms with Gasteiger partial charge in [-0.3, -0.25) is 0 Å². The second-order valence-corrected chi connectivity index (χ2v) is 7.17. The van der Waals surface area contributed by atoms with Crippen LogP contribution < -0.4 is 0 Å². The number of hydrogen-bond donors (Lipinski definition) is 0. The molecule has 2 aromatic rings. The van der Waals surface area contributed by atoms with Crippen LogP contribution in [0.1, 0.15) is 30.7 Å². The van der Waals surface area contributed by atoms with Gasteiger partial charge in [-0.1, -0.05) is 30.3 Å². The number of aromatic nitrogens is 2. The van der Waals surface area contributed by atoms with Crippen molar-refractivity contribution in [3.63, 3.8) is 0 Å². The summed E-state index contributed by atoms with van der Waals surface area (Å²) >= 11 is 9.55. The first-order chi connectivity index (χ1) is 9.06. The van der Waals surface area contributed by atoms with Crippen molar-refractivity contribution < 1.29 is 4.74 Å². The average Bonchev–Trinajstić information content (AvgIpc) is 2.76. The zero-order valence-corrected chi connectivity index (χ0v) is 13.5. The zero-order chi connectivity index (χ0) is 13.6. The van der Waals surface area contributed by atoms with Crippen molar-refractivity contribution in [2.75, 3.05) is 6.26 Å². The average molecular weight is 315 g/mol. The standard InChI is InChI=1S/C13H15ClN2OS2/c1-4-13(2)5-7-8(6-17-13)19-11-9(7)10(14)15-12(16-11)18-3/h4-6H2,1-3H3/t13-/m1/s1. The third kappa shape index (κ3) is 2.27. The van der Waals surface area contributed by atoms with E-state index in [0.29, 0.717) is 11.8 Å². The lowest BCUT2D eigenvalue weighted by atomic mass is 9.90. The second kappa shape index (κ2) is 4.88. The van der Waals surface area contributed by atoms with Crippen LogP contribution >= 0.6 is 34.7 Å². The topological polar surface area (TPSA) is 35.0 Å². The Bertz CT molecular complexity index is 643. The highest BCUT2D eigenvalue weighted by Gasteiger charge is 2.32. The summed E-state index contributed by atoms with van der Waals surface area (Å²) in [5, 5.41) is 2.34. The Labute approximate surface area is 125 Å². The second-order valence-electron chi connectivity index (χ2n) is 4.95. The maximum Gasteiger partial charge on any atom is 0.190 e. The van der Waals surface area contributed by atoms with Crippen LogP contribution in [0.3, 0.4) is 0 Å². The number of thiophene rings is 1. The van der Waals surface area contributed by atoms with E-state index >= 15 is 0 Å². The van der Waals surface area contributed by atoms with Gasteiger partial charge in [-0.25, -0.2) is 9.97 Å². The van der Waals surface area contributed by atoms with Crippen molar-refractivity contribution in [1.29, 1.82) is 0 Å². The van der Waals surface area contributed by atoms with E-state index in [0.717, 1.165) is 28.2 Å². The number of thioether (sulfide) groups is 1. The minimum Gasteiger partial charge on any atom is -0.369 e. The predicted molar refractivity (Wildman–Crippen MR) is 81.4 cm³/mol. The van der Waals surface area contributed by atoms with Crippen molar-refractivity contribution in [3.05, 3.63) is 15.6 Å². The molecule has 0 fully saturated rings. The maximum absolute atomic E-state index is 6.36. The number of ether oxygens (including phenoxy) is 1. The summed E-state index contributed by atoms with van der Waals surface area (Å²) in [7, 11) is 0. The number of rotatable bonds is 2. The van der Waals surface area contributed by atoms with Gasteiger partial charge in [0.25, 0.3) is 0 Å². The summed E-state index contributed by atoms with van der Waals surface area (Å²) in [5.74, 6) is 0. The van der Waals surface area contributed by atoms with Crippen LogP contribution in [0, 0.1) is 0 Å². The van der Waals surface area contributed by atoms with Gasteiger partial charge in [0, 0.05) is 11.3 Å². The summed E-state index contributed by atoms with van der Waals surface area (Å²) in [4.78, 5) is 11.2. The molecule has 0 aliphatic carbocycles. The van der Waals surface area contributed by atoms with Crippen LogP contribution in [0.5, 0.6) is 0 Å². The van der Waals surface area contributed by atoms with E-state index in [9.17, 15) is 0 Å². The molecule has 6 heteroatoms. The summed E-state index contributed by atoms with van der Waals surface area (Å²) in [6.07, 6.45) is 3.84. The lowest BCUT2D eigenvalue weighted by Gasteiger charge is -2.33. The monoisotopic (exact) mass is 314 g/mol. The SMILES string of the molecule is CC[C@]1(C)Cc2c(sc3nc(SC)nc(Cl)c23)CO1. The molecular formula is C13H15ClN2OS2. The fourth-order valence-electron chi connectivity index (χ4n) is 2.33. The molecule has 0 aromatic carbocycles. The van der Waals surface area contributed by atoms with Gasteiger partial charge in [-0.05, 0) is 25.2 Å². The van der Waals surface area contributed by atoms with Crippen LogP contribution in [0.15, 0.2) is 5.16 Å². The van der Waals surface area contributed by atoms with Crippen LogP contribution in [0.4, 0.5) is 0 Å². The number of hydrogen-bond acceptors (Lipinski definition) is 5. The Morgan fingerprint density at radius 3 is 2.95 bits per heavy atom. The fourth-order valence-corrected chi connectivity index (χ4v) is 4.24. The van der Waals surface area contributed by atoms with Crippen molar-refractivity contribution in [2.45, 2.75) is 44.1 Å². The van der Waals surface area contributed by atoms with Gasteiger partial charge >= 0.3 is 0 Å². The summed E-state index contributed by atoms with van der Waals surface area (Å²) < 4.78 is 5.98. The van der Waals surface area contributed by atoms with E-state index < -0.39 is 0 Å². The Hall–Kier alpha value is -0.360. The van der Waals surface area contributed by atoms with Crippen LogP contribution in [0.2, 0.25) is 5.15 Å². The lowest BCUT2D eigenvalue weighted by molar-refractivity contribution is -0.0543. The molecule has 102 valence electrons. The highest BCUT2D eigenvalue weighted by molar-refractivity contribution is 7.98. The lowest BCUT2D eigenvalue weighted by Crippen LogP contribution is -2.33. The van der Waals surface area contributed by atoms with Crippen LogP contribution in [-0.2, 0) is 17.8 Å². The predicted octanol–water partition coefficient (Wildman–Crippen LogP) is 4.31. The zero-order valence-electron chi connectivity index (χ0n) is 11.1. The number of nitrogens with zero attached hydrogens (tertiary/aromatic N) is 2. The van der Waals surface area contributed by atoms with Gasteiger partial charge in [0.1, 0.15) is 9.98 Å². The van der Waals surface area contributed by atoms with Gasteiger partial charge in [0.2, 0.25) is 0 Å². The van der Waals surface area contributed by atoms with Gasteiger partial charge < -0.3 is 4.74 Å². The van der Waals surface area contributed by atoms with Gasteiger partial charge in [-0.2, -0.15) is 0 Å². The van der Waals surface area contributed by atoms with Crippen molar-refractivity contribution in [2.24, 2.45) is 0 Å². The Balaban J connectivity index is 2.18. The van der Waals surface area contributed by atoms with Gasteiger partial charge in [0.05, 0.1) is 17.6 Å². The molecule has 3 nitrogen and oxygen atoms in total. The first-order valence-electron chi connectivity index (χ1n) is 6.22. The summed E-state index contributed by atoms with van der Waals surface area (Å²) in [6, 6.07) is 0. The molecule has 2 aromatic heterocycles. The molecule has 0 bridgehead atoms. The molecule has 0 amide bonds. The van der Waals surface area contributed by atoms with Crippen LogP contribution in [-0.4, -0.2) is 21.8 Å². The Kier molecular flexibility index (Phi) is 3.50. The minimum absolute atomic E-state index is 0.0947. The largest absolute Gasteiger partial charge is 0.369 e. The van der Waals surface area contributed by atoms with E-state index in [2.05, 4.69) is 23.8 Å². The summed E-state index contributed by atoms with van der Waals surface area (Å²) in [5.41, 5.74) is 1.19. The fraction of sp³-hybridized carbons (Fsp3) is 0.538. The van der Waals surface area contributed by atoms with Gasteiger partial charge in [-0.15, -0.1) is 11.3 Å². The minimum atomic E-state index is -0.0947. The van der Waals surface area contributed by atoms with Gasteiger partial charge in [0.15, 0.2) is 5.16 Å². The molecule has 0 radical (unpaired) electrons. The van der Waals surface area contributed by atoms with Crippen molar-refractivity contribution >= 4 is 44.9 Å². The quantitative estimate of drug-likeness (QED) is 0.470. The van der Waals surface area contributed by atoms with E-state index in [4.69, 9.17) is 16.3 Å². The molecule has 1 atom stereocenters. The highest BCUT2D eigenvalue weighted by atomic mass is 35.5. The summed E-state index contributed by atoms with van der Waals surface area (Å²) in [6.45, 7) is 4.97. The molecule has 3 heterocycles. The van der Waals surface area contributed by atoms with E-state index in [1.165, 1.54) is 22.2 Å². The number of halogens is 1.